The molecule has 1 saturated carbocycles. The molecule has 0 amide bonds. The molecule has 0 aliphatic heterocycles. The van der Waals surface area contributed by atoms with Crippen molar-refractivity contribution in [2.75, 3.05) is 13.1 Å². The second-order valence-corrected chi connectivity index (χ2v) is 7.19. The number of thiazole rings is 1. The molecule has 1 aromatic rings. The van der Waals surface area contributed by atoms with Gasteiger partial charge in [0.15, 0.2) is 11.7 Å². The number of ether oxygens (including phenoxy) is 1. The summed E-state index contributed by atoms with van der Waals surface area (Å²) in [5, 5.41) is 7.36. The van der Waals surface area contributed by atoms with Crippen LogP contribution in [0, 0.1) is 0 Å². The molecular weight excluding hydrogens is 381 g/mol. The van der Waals surface area contributed by atoms with Crippen molar-refractivity contribution >= 4 is 23.3 Å². The zero-order valence-corrected chi connectivity index (χ0v) is 16.1. The van der Waals surface area contributed by atoms with E-state index >= 15 is 0 Å². The number of aromatic nitrogens is 1. The Balaban J connectivity index is 1.73. The van der Waals surface area contributed by atoms with Crippen molar-refractivity contribution in [1.29, 1.82) is 0 Å². The lowest BCUT2D eigenvalue weighted by Gasteiger charge is -2.12. The molecule has 0 aromatic carbocycles. The molecule has 2 rings (SSSR count). The van der Waals surface area contributed by atoms with Gasteiger partial charge in [-0.25, -0.2) is 9.98 Å². The Hall–Kier alpha value is -1.84. The van der Waals surface area contributed by atoms with Crippen LogP contribution in [0.15, 0.2) is 10.4 Å². The fraction of sp³-hybridized carbons (Fsp3) is 0.706. The first kappa shape index (κ1) is 21.5. The van der Waals surface area contributed by atoms with Crippen LogP contribution in [0.4, 0.5) is 13.2 Å². The molecule has 10 heteroatoms. The van der Waals surface area contributed by atoms with Gasteiger partial charge in [-0.3, -0.25) is 4.79 Å². The van der Waals surface area contributed by atoms with Gasteiger partial charge in [-0.15, -0.1) is 11.3 Å². The molecule has 0 bridgehead atoms. The average Bonchev–Trinajstić information content (AvgIpc) is 3.27. The molecule has 0 spiro atoms. The van der Waals surface area contributed by atoms with E-state index < -0.39 is 11.9 Å². The third-order valence-corrected chi connectivity index (χ3v) is 4.84. The van der Waals surface area contributed by atoms with Crippen LogP contribution >= 0.6 is 11.3 Å². The topological polar surface area (TPSA) is 75.6 Å². The van der Waals surface area contributed by atoms with E-state index in [4.69, 9.17) is 4.74 Å². The highest BCUT2D eigenvalue weighted by Gasteiger charge is 2.33. The zero-order chi connectivity index (χ0) is 19.7. The van der Waals surface area contributed by atoms with Gasteiger partial charge in [0.2, 0.25) is 0 Å². The van der Waals surface area contributed by atoms with Gasteiger partial charge in [0.1, 0.15) is 11.1 Å². The molecule has 1 aromatic heterocycles. The molecule has 152 valence electrons. The van der Waals surface area contributed by atoms with Crippen LogP contribution in [0.3, 0.4) is 0 Å². The smallest absolute Gasteiger partial charge is 0.434 e. The quantitative estimate of drug-likeness (QED) is 0.299. The molecule has 1 fully saturated rings. The maximum Gasteiger partial charge on any atom is 0.434 e. The van der Waals surface area contributed by atoms with E-state index in [2.05, 4.69) is 20.6 Å². The number of nitrogens with one attached hydrogen (secondary N) is 2. The van der Waals surface area contributed by atoms with Crippen LogP contribution in [0.25, 0.3) is 0 Å². The van der Waals surface area contributed by atoms with Crippen molar-refractivity contribution in [3.63, 3.8) is 0 Å². The summed E-state index contributed by atoms with van der Waals surface area (Å²) >= 11 is 0.929. The summed E-state index contributed by atoms with van der Waals surface area (Å²) in [6, 6.07) is 0. The van der Waals surface area contributed by atoms with Gasteiger partial charge in [-0.1, -0.05) is 0 Å². The summed E-state index contributed by atoms with van der Waals surface area (Å²) in [5.41, 5.74) is -0.892. The van der Waals surface area contributed by atoms with Gasteiger partial charge in [-0.05, 0) is 39.0 Å². The van der Waals surface area contributed by atoms with Crippen LogP contribution in [-0.4, -0.2) is 36.1 Å². The SMILES string of the molecule is CCNC(=NCc1nc(C(F)(F)F)cs1)NCCCC(=O)OC1CCCC1. The van der Waals surface area contributed by atoms with E-state index in [9.17, 15) is 18.0 Å². The second kappa shape index (κ2) is 10.5. The van der Waals surface area contributed by atoms with E-state index in [1.165, 1.54) is 0 Å². The second-order valence-electron chi connectivity index (χ2n) is 6.25. The lowest BCUT2D eigenvalue weighted by molar-refractivity contribution is -0.148. The minimum atomic E-state index is -4.44. The standard InChI is InChI=1S/C17H25F3N4O2S/c1-2-21-16(23-10-14-24-13(11-27-14)17(18,19)20)22-9-5-8-15(25)26-12-6-3-4-7-12/h11-12H,2-10H2,1H3,(H2,21,22,23). The zero-order valence-electron chi connectivity index (χ0n) is 15.3. The first-order valence-electron chi connectivity index (χ1n) is 9.11. The largest absolute Gasteiger partial charge is 0.462 e. The van der Waals surface area contributed by atoms with Gasteiger partial charge in [-0.2, -0.15) is 13.2 Å². The van der Waals surface area contributed by atoms with E-state index in [1.54, 1.807) is 0 Å². The maximum absolute atomic E-state index is 12.6. The van der Waals surface area contributed by atoms with Crippen molar-refractivity contribution in [2.45, 2.75) is 64.3 Å². The summed E-state index contributed by atoms with van der Waals surface area (Å²) in [7, 11) is 0. The lowest BCUT2D eigenvalue weighted by atomic mass is 10.3. The molecule has 0 atom stereocenters. The average molecular weight is 406 g/mol. The first-order valence-corrected chi connectivity index (χ1v) is 9.99. The summed E-state index contributed by atoms with van der Waals surface area (Å²) in [4.78, 5) is 19.6. The molecule has 0 unspecified atom stereocenters. The number of guanidine groups is 1. The number of hydrogen-bond donors (Lipinski definition) is 2. The number of aliphatic imine (C=N–C) groups is 1. The Morgan fingerprint density at radius 3 is 2.74 bits per heavy atom. The van der Waals surface area contributed by atoms with Gasteiger partial charge < -0.3 is 15.4 Å². The third-order valence-electron chi connectivity index (χ3n) is 4.01. The number of hydrogen-bond acceptors (Lipinski definition) is 5. The van der Waals surface area contributed by atoms with Crippen molar-refractivity contribution in [3.8, 4) is 0 Å². The lowest BCUT2D eigenvalue weighted by Crippen LogP contribution is -2.37. The van der Waals surface area contributed by atoms with Gasteiger partial charge in [0.05, 0.1) is 6.54 Å². The molecular formula is C17H25F3N4O2S. The van der Waals surface area contributed by atoms with Gasteiger partial charge >= 0.3 is 12.1 Å². The number of esters is 1. The molecule has 1 aliphatic rings. The molecule has 2 N–H and O–H groups in total. The third kappa shape index (κ3) is 7.74. The number of alkyl halides is 3. The molecule has 27 heavy (non-hydrogen) atoms. The van der Waals surface area contributed by atoms with Gasteiger partial charge in [0, 0.05) is 24.9 Å². The Labute approximate surface area is 160 Å². The van der Waals surface area contributed by atoms with Crippen LogP contribution in [0.5, 0.6) is 0 Å². The number of carbonyl (C=O) groups excluding carboxylic acids is 1. The van der Waals surface area contributed by atoms with Crippen molar-refractivity contribution in [3.05, 3.63) is 16.1 Å². The Bertz CT molecular complexity index is 628. The molecule has 6 nitrogen and oxygen atoms in total. The van der Waals surface area contributed by atoms with Crippen molar-refractivity contribution in [2.24, 2.45) is 4.99 Å². The predicted octanol–water partition coefficient (Wildman–Crippen LogP) is 3.48. The normalized spacial score (nSPS) is 15.8. The predicted molar refractivity (Wildman–Crippen MR) is 97.5 cm³/mol. The highest BCUT2D eigenvalue weighted by atomic mass is 32.1. The maximum atomic E-state index is 12.6. The Kier molecular flexibility index (Phi) is 8.33. The Morgan fingerprint density at radius 1 is 1.37 bits per heavy atom. The van der Waals surface area contributed by atoms with Crippen LogP contribution < -0.4 is 10.6 Å². The highest BCUT2D eigenvalue weighted by Crippen LogP contribution is 2.30. The fourth-order valence-corrected chi connectivity index (χ4v) is 3.42. The summed E-state index contributed by atoms with van der Waals surface area (Å²) in [5.74, 6) is 0.290. The number of carbonyl (C=O) groups is 1. The number of halogens is 3. The number of nitrogens with zero attached hydrogens (tertiary/aromatic N) is 2. The monoisotopic (exact) mass is 406 g/mol. The molecule has 0 saturated heterocycles. The van der Waals surface area contributed by atoms with Crippen molar-refractivity contribution in [1.82, 2.24) is 15.6 Å². The molecule has 1 heterocycles. The van der Waals surface area contributed by atoms with E-state index in [0.29, 0.717) is 36.9 Å². The van der Waals surface area contributed by atoms with Crippen LogP contribution in [0.1, 0.15) is 56.2 Å². The van der Waals surface area contributed by atoms with Crippen molar-refractivity contribution < 1.29 is 22.7 Å². The van der Waals surface area contributed by atoms with Crippen LogP contribution in [-0.2, 0) is 22.3 Å². The molecule has 0 radical (unpaired) electrons. The summed E-state index contributed by atoms with van der Waals surface area (Å²) in [6.45, 7) is 3.07. The summed E-state index contributed by atoms with van der Waals surface area (Å²) in [6.07, 6.45) is 0.688. The highest BCUT2D eigenvalue weighted by molar-refractivity contribution is 7.09. The molecule has 1 aliphatic carbocycles. The van der Waals surface area contributed by atoms with E-state index in [1.807, 2.05) is 6.92 Å². The van der Waals surface area contributed by atoms with Gasteiger partial charge in [0.25, 0.3) is 0 Å². The first-order chi connectivity index (χ1) is 12.9. The van der Waals surface area contributed by atoms with E-state index in [-0.39, 0.29) is 18.6 Å². The number of rotatable bonds is 8. The summed E-state index contributed by atoms with van der Waals surface area (Å²) < 4.78 is 43.1. The minimum Gasteiger partial charge on any atom is -0.462 e. The van der Waals surface area contributed by atoms with E-state index in [0.717, 1.165) is 42.4 Å². The minimum absolute atomic E-state index is 0.0554. The van der Waals surface area contributed by atoms with Crippen LogP contribution in [0.2, 0.25) is 0 Å². The fourth-order valence-electron chi connectivity index (χ4n) is 2.69. The Morgan fingerprint density at radius 2 is 2.11 bits per heavy atom.